The van der Waals surface area contributed by atoms with Crippen molar-refractivity contribution in [1.29, 1.82) is 0 Å². The highest BCUT2D eigenvalue weighted by Gasteiger charge is 2.24. The zero-order valence-corrected chi connectivity index (χ0v) is 16.8. The number of amides is 1. The number of rotatable bonds is 7. The third-order valence-corrected chi connectivity index (χ3v) is 6.24. The number of hydrogen-bond acceptors (Lipinski definition) is 5. The summed E-state index contributed by atoms with van der Waals surface area (Å²) in [5.41, 5.74) is 1.56. The minimum absolute atomic E-state index is 0.0260. The molecule has 2 aliphatic rings. The maximum atomic E-state index is 12.4. The third kappa shape index (κ3) is 4.52. The van der Waals surface area contributed by atoms with Gasteiger partial charge < -0.3 is 16.0 Å². The Labute approximate surface area is 170 Å². The standard InChI is InChI=1S/C23H29N3O3/c27-21-19(20(22(21)28)25-17-8-4-5-9-17)24-14-15-10-12-16(13-11-15)23(29)26-18-6-2-1-3-7-18/h10-13,17-18,24-25H,1-9,14H2,(H,26,29). The van der Waals surface area contributed by atoms with Gasteiger partial charge in [0.1, 0.15) is 11.4 Å². The quantitative estimate of drug-likeness (QED) is 0.626. The molecule has 6 heteroatoms. The Morgan fingerprint density at radius 3 is 2.07 bits per heavy atom. The van der Waals surface area contributed by atoms with Crippen molar-refractivity contribution >= 4 is 17.3 Å². The second kappa shape index (κ2) is 8.80. The highest BCUT2D eigenvalue weighted by molar-refractivity contribution is 5.94. The number of carbonyl (C=O) groups is 1. The van der Waals surface area contributed by atoms with Crippen LogP contribution in [0.2, 0.25) is 0 Å². The van der Waals surface area contributed by atoms with Crippen molar-refractivity contribution in [2.45, 2.75) is 76.4 Å². The van der Waals surface area contributed by atoms with Crippen molar-refractivity contribution in [3.8, 4) is 0 Å². The van der Waals surface area contributed by atoms with E-state index in [9.17, 15) is 14.4 Å². The summed E-state index contributed by atoms with van der Waals surface area (Å²) in [7, 11) is 0. The smallest absolute Gasteiger partial charge is 0.253 e. The SMILES string of the molecule is O=C(NC1CCCCC1)c1ccc(CNc2c(NC3CCCC3)c(=O)c2=O)cc1. The van der Waals surface area contributed by atoms with Crippen molar-refractivity contribution in [2.24, 2.45) is 0 Å². The van der Waals surface area contributed by atoms with Crippen molar-refractivity contribution in [1.82, 2.24) is 5.32 Å². The van der Waals surface area contributed by atoms with Gasteiger partial charge in [-0.2, -0.15) is 0 Å². The van der Waals surface area contributed by atoms with Crippen LogP contribution in [-0.4, -0.2) is 18.0 Å². The van der Waals surface area contributed by atoms with Crippen LogP contribution in [0, 0.1) is 0 Å². The van der Waals surface area contributed by atoms with Crippen LogP contribution >= 0.6 is 0 Å². The van der Waals surface area contributed by atoms with Crippen LogP contribution in [0.3, 0.4) is 0 Å². The highest BCUT2D eigenvalue weighted by atomic mass is 16.2. The molecule has 0 spiro atoms. The molecular formula is C23H29N3O3. The van der Waals surface area contributed by atoms with Crippen molar-refractivity contribution in [2.75, 3.05) is 10.6 Å². The molecule has 2 aromatic carbocycles. The van der Waals surface area contributed by atoms with Gasteiger partial charge in [0.05, 0.1) is 0 Å². The van der Waals surface area contributed by atoms with Gasteiger partial charge in [0.2, 0.25) is 0 Å². The van der Waals surface area contributed by atoms with Crippen molar-refractivity contribution in [3.05, 3.63) is 55.8 Å². The van der Waals surface area contributed by atoms with Crippen LogP contribution in [0.25, 0.3) is 0 Å². The molecule has 29 heavy (non-hydrogen) atoms. The molecule has 6 nitrogen and oxygen atoms in total. The summed E-state index contributed by atoms with van der Waals surface area (Å²) in [6, 6.07) is 7.99. The van der Waals surface area contributed by atoms with E-state index in [4.69, 9.17) is 0 Å². The lowest BCUT2D eigenvalue weighted by molar-refractivity contribution is 0.0927. The summed E-state index contributed by atoms with van der Waals surface area (Å²) < 4.78 is 0. The fraction of sp³-hybridized carbons (Fsp3) is 0.522. The second-order valence-electron chi connectivity index (χ2n) is 8.39. The maximum absolute atomic E-state index is 12.4. The van der Waals surface area contributed by atoms with Crippen molar-refractivity contribution < 1.29 is 4.79 Å². The molecule has 0 aliphatic heterocycles. The van der Waals surface area contributed by atoms with Gasteiger partial charge in [0.15, 0.2) is 0 Å². The summed E-state index contributed by atoms with van der Waals surface area (Å²) >= 11 is 0. The van der Waals surface area contributed by atoms with Gasteiger partial charge in [-0.25, -0.2) is 0 Å². The topological polar surface area (TPSA) is 87.3 Å². The molecule has 0 atom stereocenters. The minimum Gasteiger partial charge on any atom is -0.377 e. The summed E-state index contributed by atoms with van der Waals surface area (Å²) in [4.78, 5) is 36.2. The summed E-state index contributed by atoms with van der Waals surface area (Å²) in [6.07, 6.45) is 10.2. The molecule has 2 saturated carbocycles. The molecular weight excluding hydrogens is 366 g/mol. The van der Waals surface area contributed by atoms with Crippen LogP contribution in [0.5, 0.6) is 0 Å². The molecule has 0 heterocycles. The largest absolute Gasteiger partial charge is 0.377 e. The van der Waals surface area contributed by atoms with Gasteiger partial charge in [-0.1, -0.05) is 44.2 Å². The third-order valence-electron chi connectivity index (χ3n) is 6.24. The molecule has 3 N–H and O–H groups in total. The van der Waals surface area contributed by atoms with E-state index in [1.165, 1.54) is 19.3 Å². The van der Waals surface area contributed by atoms with E-state index in [0.29, 0.717) is 29.5 Å². The lowest BCUT2D eigenvalue weighted by Gasteiger charge is -2.22. The Morgan fingerprint density at radius 1 is 0.793 bits per heavy atom. The van der Waals surface area contributed by atoms with Crippen LogP contribution in [0.1, 0.15) is 73.7 Å². The molecule has 2 aliphatic carbocycles. The molecule has 154 valence electrons. The number of nitrogens with one attached hydrogen (secondary N) is 3. The zero-order chi connectivity index (χ0) is 20.2. The van der Waals surface area contributed by atoms with Gasteiger partial charge >= 0.3 is 0 Å². The Bertz CT molecular complexity index is 916. The number of anilines is 2. The first kappa shape index (κ1) is 19.7. The fourth-order valence-corrected chi connectivity index (χ4v) is 4.45. The van der Waals surface area contributed by atoms with Gasteiger partial charge in [0, 0.05) is 24.2 Å². The Kier molecular flexibility index (Phi) is 5.97. The summed E-state index contributed by atoms with van der Waals surface area (Å²) in [5.74, 6) is -0.0260. The van der Waals surface area contributed by atoms with Crippen LogP contribution < -0.4 is 26.8 Å². The number of carbonyl (C=O) groups excluding carboxylic acids is 1. The van der Waals surface area contributed by atoms with Gasteiger partial charge in [-0.3, -0.25) is 14.4 Å². The van der Waals surface area contributed by atoms with E-state index in [-0.39, 0.29) is 11.9 Å². The van der Waals surface area contributed by atoms with Crippen LogP contribution in [0.15, 0.2) is 33.9 Å². The van der Waals surface area contributed by atoms with Gasteiger partial charge in [0.25, 0.3) is 16.8 Å². The molecule has 2 aromatic rings. The Hall–Kier alpha value is -2.63. The van der Waals surface area contributed by atoms with Crippen LogP contribution in [-0.2, 0) is 6.54 Å². The first-order valence-corrected chi connectivity index (χ1v) is 10.9. The predicted octanol–water partition coefficient (Wildman–Crippen LogP) is 3.31. The Balaban J connectivity index is 1.32. The summed E-state index contributed by atoms with van der Waals surface area (Å²) in [5, 5.41) is 9.46. The highest BCUT2D eigenvalue weighted by Crippen LogP contribution is 2.24. The molecule has 0 aromatic heterocycles. The monoisotopic (exact) mass is 395 g/mol. The fourth-order valence-electron chi connectivity index (χ4n) is 4.45. The Morgan fingerprint density at radius 2 is 1.38 bits per heavy atom. The average Bonchev–Trinajstić information content (AvgIpc) is 3.27. The average molecular weight is 396 g/mol. The van der Waals surface area contributed by atoms with E-state index in [1.807, 2.05) is 24.3 Å². The minimum atomic E-state index is -0.450. The number of benzene rings is 1. The van der Waals surface area contributed by atoms with Gasteiger partial charge in [-0.05, 0) is 43.4 Å². The zero-order valence-electron chi connectivity index (χ0n) is 16.8. The number of hydrogen-bond donors (Lipinski definition) is 3. The van der Waals surface area contributed by atoms with Crippen LogP contribution in [0.4, 0.5) is 11.4 Å². The maximum Gasteiger partial charge on any atom is 0.253 e. The second-order valence-corrected chi connectivity index (χ2v) is 8.39. The summed E-state index contributed by atoms with van der Waals surface area (Å²) in [6.45, 7) is 0.439. The first-order chi connectivity index (χ1) is 14.1. The molecule has 4 rings (SSSR count). The van der Waals surface area contributed by atoms with Gasteiger partial charge in [-0.15, -0.1) is 0 Å². The molecule has 2 fully saturated rings. The molecule has 1 amide bonds. The van der Waals surface area contributed by atoms with E-state index < -0.39 is 10.9 Å². The van der Waals surface area contributed by atoms with E-state index in [2.05, 4.69) is 16.0 Å². The normalized spacial score (nSPS) is 18.1. The van der Waals surface area contributed by atoms with E-state index in [1.54, 1.807) is 0 Å². The molecule has 0 radical (unpaired) electrons. The van der Waals surface area contributed by atoms with E-state index >= 15 is 0 Å². The first-order valence-electron chi connectivity index (χ1n) is 10.9. The van der Waals surface area contributed by atoms with Crippen molar-refractivity contribution in [3.63, 3.8) is 0 Å². The lowest BCUT2D eigenvalue weighted by atomic mass is 9.95. The van der Waals surface area contributed by atoms with E-state index in [0.717, 1.165) is 44.1 Å². The predicted molar refractivity (Wildman–Crippen MR) is 115 cm³/mol. The molecule has 0 unspecified atom stereocenters. The molecule has 0 bridgehead atoms. The molecule has 0 saturated heterocycles. The lowest BCUT2D eigenvalue weighted by Crippen LogP contribution is -2.39.